The first-order chi connectivity index (χ1) is 10.1. The first kappa shape index (κ1) is 15.2. The third-order valence-corrected chi connectivity index (χ3v) is 3.08. The molecular formula is C15H11BrFNO3. The lowest BCUT2D eigenvalue weighted by Gasteiger charge is -2.08. The highest BCUT2D eigenvalue weighted by Gasteiger charge is 2.08. The fraction of sp³-hybridized carbons (Fsp3) is 0.0667. The van der Waals surface area contributed by atoms with Crippen molar-refractivity contribution in [2.45, 2.75) is 0 Å². The highest BCUT2D eigenvalue weighted by atomic mass is 79.9. The Morgan fingerprint density at radius 2 is 1.95 bits per heavy atom. The zero-order chi connectivity index (χ0) is 15.2. The number of nitrogens with one attached hydrogen (secondary N) is 1. The number of anilines is 1. The molecule has 0 saturated carbocycles. The number of hydrogen-bond acceptors (Lipinski definition) is 3. The summed E-state index contributed by atoms with van der Waals surface area (Å²) in [5.74, 6) is -0.559. The van der Waals surface area contributed by atoms with Crippen molar-refractivity contribution < 1.29 is 18.7 Å². The third-order valence-electron chi connectivity index (χ3n) is 2.59. The van der Waals surface area contributed by atoms with E-state index in [-0.39, 0.29) is 12.3 Å². The van der Waals surface area contributed by atoms with E-state index in [1.54, 1.807) is 30.3 Å². The quantitative estimate of drug-likeness (QED) is 0.839. The normalized spacial score (nSPS) is 10.0. The molecule has 1 amide bonds. The van der Waals surface area contributed by atoms with Gasteiger partial charge in [0.25, 0.3) is 5.91 Å². The average Bonchev–Trinajstić information content (AvgIpc) is 2.48. The van der Waals surface area contributed by atoms with Crippen molar-refractivity contribution >= 4 is 33.8 Å². The Bertz CT molecular complexity index is 658. The van der Waals surface area contributed by atoms with Crippen LogP contribution in [-0.4, -0.2) is 18.8 Å². The predicted octanol–water partition coefficient (Wildman–Crippen LogP) is 3.42. The predicted molar refractivity (Wildman–Crippen MR) is 80.1 cm³/mol. The molecule has 0 aliphatic heterocycles. The Hall–Kier alpha value is -2.21. The zero-order valence-corrected chi connectivity index (χ0v) is 12.4. The van der Waals surface area contributed by atoms with Crippen LogP contribution >= 0.6 is 15.9 Å². The second-order valence-electron chi connectivity index (χ2n) is 4.15. The Kier molecular flexibility index (Phi) is 5.05. The van der Waals surface area contributed by atoms with E-state index in [4.69, 9.17) is 4.74 Å². The lowest BCUT2D eigenvalue weighted by molar-refractivity contribution is -0.118. The van der Waals surface area contributed by atoms with Gasteiger partial charge in [-0.05, 0) is 42.5 Å². The molecule has 2 aromatic carbocycles. The van der Waals surface area contributed by atoms with E-state index in [1.807, 2.05) is 0 Å². The number of hydrogen-bond donors (Lipinski definition) is 1. The average molecular weight is 352 g/mol. The summed E-state index contributed by atoms with van der Waals surface area (Å²) in [4.78, 5) is 22.2. The molecule has 0 spiro atoms. The number of halogens is 2. The van der Waals surface area contributed by atoms with Gasteiger partial charge in [0, 0.05) is 10.0 Å². The highest BCUT2D eigenvalue weighted by molar-refractivity contribution is 9.10. The molecule has 0 aliphatic carbocycles. The number of ether oxygens (including phenoxy) is 1. The van der Waals surface area contributed by atoms with Crippen molar-refractivity contribution in [3.05, 3.63) is 58.3 Å². The van der Waals surface area contributed by atoms with E-state index < -0.39 is 11.7 Å². The molecule has 21 heavy (non-hydrogen) atoms. The van der Waals surface area contributed by atoms with E-state index in [0.717, 1.165) is 0 Å². The van der Waals surface area contributed by atoms with E-state index in [2.05, 4.69) is 21.2 Å². The molecule has 0 unspecified atom stereocenters. The maximum Gasteiger partial charge on any atom is 0.262 e. The van der Waals surface area contributed by atoms with Crippen molar-refractivity contribution in [2.75, 3.05) is 11.9 Å². The summed E-state index contributed by atoms with van der Waals surface area (Å²) in [6.45, 7) is -0.254. The molecular weight excluding hydrogens is 341 g/mol. The van der Waals surface area contributed by atoms with Crippen molar-refractivity contribution in [2.24, 2.45) is 0 Å². The van der Waals surface area contributed by atoms with E-state index in [1.165, 1.54) is 12.1 Å². The zero-order valence-electron chi connectivity index (χ0n) is 10.8. The SMILES string of the molecule is O=Cc1ccc(OCC(=O)Nc2ccc(Br)cc2F)cc1. The smallest absolute Gasteiger partial charge is 0.262 e. The van der Waals surface area contributed by atoms with Crippen LogP contribution in [0.3, 0.4) is 0 Å². The van der Waals surface area contributed by atoms with Gasteiger partial charge in [-0.25, -0.2) is 4.39 Å². The van der Waals surface area contributed by atoms with Gasteiger partial charge in [-0.2, -0.15) is 0 Å². The highest BCUT2D eigenvalue weighted by Crippen LogP contribution is 2.19. The molecule has 2 rings (SSSR count). The summed E-state index contributed by atoms with van der Waals surface area (Å²) in [6, 6.07) is 10.7. The van der Waals surface area contributed by atoms with Crippen LogP contribution in [0.25, 0.3) is 0 Å². The van der Waals surface area contributed by atoms with Gasteiger partial charge in [0.15, 0.2) is 6.61 Å². The van der Waals surface area contributed by atoms with Gasteiger partial charge in [0.1, 0.15) is 17.9 Å². The molecule has 0 radical (unpaired) electrons. The standard InChI is InChI=1S/C15H11BrFNO3/c16-11-3-6-14(13(17)7-11)18-15(20)9-21-12-4-1-10(8-19)2-5-12/h1-8H,9H2,(H,18,20). The molecule has 0 fully saturated rings. The van der Waals surface area contributed by atoms with Crippen LogP contribution in [-0.2, 0) is 4.79 Å². The van der Waals surface area contributed by atoms with Crippen LogP contribution in [0.5, 0.6) is 5.75 Å². The molecule has 108 valence electrons. The molecule has 0 saturated heterocycles. The monoisotopic (exact) mass is 351 g/mol. The first-order valence-electron chi connectivity index (χ1n) is 6.01. The Morgan fingerprint density at radius 3 is 2.57 bits per heavy atom. The van der Waals surface area contributed by atoms with Gasteiger partial charge in [-0.3, -0.25) is 9.59 Å². The summed E-state index contributed by atoms with van der Waals surface area (Å²) < 4.78 is 19.4. The minimum absolute atomic E-state index is 0.0862. The lowest BCUT2D eigenvalue weighted by atomic mass is 10.2. The topological polar surface area (TPSA) is 55.4 Å². The molecule has 6 heteroatoms. The number of rotatable bonds is 5. The summed E-state index contributed by atoms with van der Waals surface area (Å²) >= 11 is 3.13. The maximum absolute atomic E-state index is 13.5. The van der Waals surface area contributed by atoms with Gasteiger partial charge in [0.2, 0.25) is 0 Å². The van der Waals surface area contributed by atoms with Crippen molar-refractivity contribution in [1.29, 1.82) is 0 Å². The summed E-state index contributed by atoms with van der Waals surface area (Å²) in [5, 5.41) is 2.41. The Balaban J connectivity index is 1.90. The molecule has 0 aromatic heterocycles. The Morgan fingerprint density at radius 1 is 1.24 bits per heavy atom. The van der Waals surface area contributed by atoms with Gasteiger partial charge in [-0.15, -0.1) is 0 Å². The van der Waals surface area contributed by atoms with Crippen LogP contribution in [0.2, 0.25) is 0 Å². The molecule has 2 aromatic rings. The number of carbonyl (C=O) groups is 2. The van der Waals surface area contributed by atoms with Crippen LogP contribution in [0, 0.1) is 5.82 Å². The van der Waals surface area contributed by atoms with Crippen LogP contribution < -0.4 is 10.1 Å². The van der Waals surface area contributed by atoms with Gasteiger partial charge >= 0.3 is 0 Å². The van der Waals surface area contributed by atoms with Crippen molar-refractivity contribution in [3.63, 3.8) is 0 Å². The lowest BCUT2D eigenvalue weighted by Crippen LogP contribution is -2.20. The maximum atomic E-state index is 13.5. The summed E-state index contributed by atoms with van der Waals surface area (Å²) in [5.41, 5.74) is 0.604. The summed E-state index contributed by atoms with van der Waals surface area (Å²) in [7, 11) is 0. The fourth-order valence-corrected chi connectivity index (χ4v) is 1.90. The number of carbonyl (C=O) groups excluding carboxylic acids is 2. The molecule has 0 atom stereocenters. The van der Waals surface area contributed by atoms with Crippen LogP contribution in [0.1, 0.15) is 10.4 Å². The second-order valence-corrected chi connectivity index (χ2v) is 5.06. The molecule has 0 aliphatic rings. The van der Waals surface area contributed by atoms with Gasteiger partial charge < -0.3 is 10.1 Å². The van der Waals surface area contributed by atoms with E-state index in [9.17, 15) is 14.0 Å². The first-order valence-corrected chi connectivity index (χ1v) is 6.81. The van der Waals surface area contributed by atoms with Gasteiger partial charge in [-0.1, -0.05) is 15.9 Å². The second kappa shape index (κ2) is 6.99. The van der Waals surface area contributed by atoms with E-state index in [0.29, 0.717) is 22.1 Å². The summed E-state index contributed by atoms with van der Waals surface area (Å²) in [6.07, 6.45) is 0.715. The Labute approximate surface area is 129 Å². The fourth-order valence-electron chi connectivity index (χ4n) is 1.57. The van der Waals surface area contributed by atoms with Gasteiger partial charge in [0.05, 0.1) is 5.69 Å². The molecule has 0 bridgehead atoms. The molecule has 1 N–H and O–H groups in total. The van der Waals surface area contributed by atoms with Crippen LogP contribution in [0.15, 0.2) is 46.9 Å². The number of benzene rings is 2. The van der Waals surface area contributed by atoms with E-state index >= 15 is 0 Å². The number of amides is 1. The molecule has 0 heterocycles. The third kappa shape index (κ3) is 4.39. The minimum Gasteiger partial charge on any atom is -0.484 e. The van der Waals surface area contributed by atoms with Crippen molar-refractivity contribution in [1.82, 2.24) is 0 Å². The van der Waals surface area contributed by atoms with Crippen molar-refractivity contribution in [3.8, 4) is 5.75 Å². The van der Waals surface area contributed by atoms with Crippen LogP contribution in [0.4, 0.5) is 10.1 Å². The largest absolute Gasteiger partial charge is 0.484 e. The molecule has 4 nitrogen and oxygen atoms in total. The number of aldehydes is 1. The minimum atomic E-state index is -0.534.